The first kappa shape index (κ1) is 35.7. The molecule has 0 aliphatic carbocycles. The number of amides is 2. The highest BCUT2D eigenvalue weighted by molar-refractivity contribution is 7.13. The quantitative estimate of drug-likeness (QED) is 0.0624. The Morgan fingerprint density at radius 2 is 1.60 bits per heavy atom. The number of oxime groups is 1. The van der Waals surface area contributed by atoms with Crippen molar-refractivity contribution in [2.45, 2.75) is 81.7 Å². The number of carbonyl (C=O) groups is 4. The third-order valence-electron chi connectivity index (χ3n) is 7.41. The van der Waals surface area contributed by atoms with Crippen LogP contribution in [-0.2, 0) is 46.4 Å². The molecule has 4 heterocycles. The van der Waals surface area contributed by atoms with Crippen LogP contribution in [0.2, 0.25) is 0 Å². The number of thiazole rings is 1. The predicted octanol–water partition coefficient (Wildman–Crippen LogP) is -1.77. The number of rotatable bonds is 14. The Hall–Kier alpha value is -4.14. The molecule has 0 spiro atoms. The maximum absolute atomic E-state index is 13.2. The molecule has 2 aromatic rings. The third-order valence-corrected chi connectivity index (χ3v) is 8.08. The van der Waals surface area contributed by atoms with E-state index in [9.17, 15) is 29.2 Å². The average Bonchev–Trinajstić information content (AvgIpc) is 3.43. The Balaban J connectivity index is 1.32. The van der Waals surface area contributed by atoms with Crippen molar-refractivity contribution in [3.05, 3.63) is 40.7 Å². The van der Waals surface area contributed by atoms with Gasteiger partial charge in [0.25, 0.3) is 5.91 Å². The van der Waals surface area contributed by atoms with Crippen molar-refractivity contribution in [3.8, 4) is 0 Å². The number of nitrogen functional groups attached to an aromatic ring is 1. The van der Waals surface area contributed by atoms with E-state index in [4.69, 9.17) is 35.8 Å². The summed E-state index contributed by atoms with van der Waals surface area (Å²) in [5.74, 6) is -4.95. The zero-order valence-corrected chi connectivity index (χ0v) is 25.9. The number of aliphatic carboxylic acids is 2. The first-order valence-corrected chi connectivity index (χ1v) is 15.6. The molecule has 5 atom stereocenters. The Kier molecular flexibility index (Phi) is 12.6. The molecule has 2 fully saturated rings. The van der Waals surface area contributed by atoms with Crippen LogP contribution in [0.25, 0.3) is 0 Å². The largest absolute Gasteiger partial charge is 0.481 e. The van der Waals surface area contributed by atoms with Crippen molar-refractivity contribution >= 4 is 60.2 Å². The number of aromatic nitrogens is 2. The smallest absolute Gasteiger partial charge is 0.478 e. The van der Waals surface area contributed by atoms with Crippen LogP contribution in [0.5, 0.6) is 0 Å². The van der Waals surface area contributed by atoms with Gasteiger partial charge >= 0.3 is 26.2 Å². The minimum absolute atomic E-state index is 0.0894. The number of hydrogen-bond acceptors (Lipinski definition) is 15. The first-order valence-electron chi connectivity index (χ1n) is 14.7. The molecule has 21 heteroatoms. The fraction of sp³-hybridized carbons (Fsp3) is 0.500. The summed E-state index contributed by atoms with van der Waals surface area (Å²) in [5, 5.41) is 49.3. The number of hydrogen-bond donors (Lipinski definition) is 8. The molecule has 0 aromatic carbocycles. The number of nitrogens with one attached hydrogen (secondary N) is 2. The Morgan fingerprint density at radius 1 is 1.00 bits per heavy atom. The molecule has 5 unspecified atom stereocenters. The van der Waals surface area contributed by atoms with Gasteiger partial charge in [0.1, 0.15) is 12.3 Å². The third kappa shape index (κ3) is 10.7. The van der Waals surface area contributed by atoms with Gasteiger partial charge in [-0.2, -0.15) is 0 Å². The molecule has 4 rings (SSSR count). The zero-order chi connectivity index (χ0) is 34.1. The summed E-state index contributed by atoms with van der Waals surface area (Å²) in [5.41, 5.74) is 12.9. The molecule has 2 aliphatic heterocycles. The first-order chi connectivity index (χ1) is 22.4. The van der Waals surface area contributed by atoms with E-state index in [1.807, 2.05) is 0 Å². The van der Waals surface area contributed by atoms with Gasteiger partial charge in [0, 0.05) is 23.3 Å². The van der Waals surface area contributed by atoms with Gasteiger partial charge in [-0.25, -0.2) is 4.98 Å². The van der Waals surface area contributed by atoms with Crippen LogP contribution in [0.1, 0.15) is 55.3 Å². The van der Waals surface area contributed by atoms with Gasteiger partial charge in [0.05, 0.1) is 43.0 Å². The minimum Gasteiger partial charge on any atom is -0.481 e. The number of nitrogens with two attached hydrogens (primary N) is 2. The lowest BCUT2D eigenvalue weighted by atomic mass is 9.72. The highest BCUT2D eigenvalue weighted by Gasteiger charge is 2.39. The van der Waals surface area contributed by atoms with Crippen LogP contribution < -0.4 is 22.1 Å². The van der Waals surface area contributed by atoms with Crippen LogP contribution in [0, 0.1) is 0 Å². The lowest BCUT2D eigenvalue weighted by Crippen LogP contribution is -2.56. The summed E-state index contributed by atoms with van der Waals surface area (Å²) in [6, 6.07) is 0.688. The van der Waals surface area contributed by atoms with E-state index in [1.54, 1.807) is 6.07 Å². The van der Waals surface area contributed by atoms with E-state index in [0.29, 0.717) is 30.4 Å². The minimum atomic E-state index is -1.43. The van der Waals surface area contributed by atoms with Crippen LogP contribution >= 0.6 is 11.3 Å². The van der Waals surface area contributed by atoms with Crippen LogP contribution in [0.3, 0.4) is 0 Å². The summed E-state index contributed by atoms with van der Waals surface area (Å²) in [6.07, 6.45) is 2.50. The van der Waals surface area contributed by atoms with Gasteiger partial charge in [0.2, 0.25) is 5.91 Å². The second kappa shape index (κ2) is 16.6. The molecule has 47 heavy (non-hydrogen) atoms. The number of pyridine rings is 1. The normalized spacial score (nSPS) is 22.3. The fourth-order valence-corrected chi connectivity index (χ4v) is 5.64. The SMILES string of the molecule is Nc1nc(C(=NOCc2cncc(CC(N)C(=O)NC3CCC(CC(=O)O)OB3O)c2)C(=O)NC2CCC(CC(=O)O)OB2O)cs1. The topological polar surface area (TPSA) is 291 Å². The van der Waals surface area contributed by atoms with Gasteiger partial charge in [0.15, 0.2) is 10.8 Å². The second-order valence-corrected chi connectivity index (χ2v) is 12.0. The number of carboxylic acids is 2. The summed E-state index contributed by atoms with van der Waals surface area (Å²) in [7, 11) is -2.80. The molecule has 2 saturated heterocycles. The van der Waals surface area contributed by atoms with Gasteiger partial charge in [-0.15, -0.1) is 11.3 Å². The number of anilines is 1. The van der Waals surface area contributed by atoms with E-state index in [-0.39, 0.29) is 48.8 Å². The summed E-state index contributed by atoms with van der Waals surface area (Å²) in [6.45, 7) is -0.131. The maximum atomic E-state index is 13.2. The van der Waals surface area contributed by atoms with Crippen molar-refractivity contribution in [3.63, 3.8) is 0 Å². The standard InChI is InChI=1S/C26H35B2N7O11S/c29-17(24(40)33-19-3-1-15(7-21(36)37)45-27(19)42)6-13-5-14(10-31-9-13)11-44-35-23(18-12-47-26(30)32-18)25(41)34-20-4-2-16(8-22(38)39)46-28(20)43/h5,9-10,12,15-17,19-20,42-43H,1-4,6-8,11,29H2,(H2,30,32)(H,33,40)(H,34,41)(H,36,37)(H,38,39). The summed E-state index contributed by atoms with van der Waals surface area (Å²) < 4.78 is 10.6. The van der Waals surface area contributed by atoms with Crippen molar-refractivity contribution < 1.29 is 53.6 Å². The molecule has 2 aromatic heterocycles. The zero-order valence-electron chi connectivity index (χ0n) is 25.1. The van der Waals surface area contributed by atoms with E-state index >= 15 is 0 Å². The summed E-state index contributed by atoms with van der Waals surface area (Å²) >= 11 is 1.08. The highest BCUT2D eigenvalue weighted by Crippen LogP contribution is 2.21. The van der Waals surface area contributed by atoms with Crippen LogP contribution in [-0.4, -0.2) is 104 Å². The number of nitrogens with zero attached hydrogens (tertiary/aromatic N) is 3. The highest BCUT2D eigenvalue weighted by atomic mass is 32.1. The molecule has 18 nitrogen and oxygen atoms in total. The Morgan fingerprint density at radius 3 is 2.15 bits per heavy atom. The summed E-state index contributed by atoms with van der Waals surface area (Å²) in [4.78, 5) is 61.4. The molecule has 252 valence electrons. The predicted molar refractivity (Wildman–Crippen MR) is 166 cm³/mol. The van der Waals surface area contributed by atoms with Crippen LogP contribution in [0.15, 0.2) is 29.0 Å². The molecule has 2 amide bonds. The van der Waals surface area contributed by atoms with E-state index in [0.717, 1.165) is 11.3 Å². The number of carboxylic acid groups (broad SMARTS) is 2. The average molecular weight is 675 g/mol. The van der Waals surface area contributed by atoms with Gasteiger partial charge in [-0.1, -0.05) is 5.16 Å². The van der Waals surface area contributed by atoms with Crippen LogP contribution in [0.4, 0.5) is 5.13 Å². The van der Waals surface area contributed by atoms with Crippen molar-refractivity contribution in [1.29, 1.82) is 0 Å². The number of carbonyl (C=O) groups excluding carboxylic acids is 2. The Bertz CT molecular complexity index is 1470. The van der Waals surface area contributed by atoms with E-state index < -0.39 is 68.1 Å². The van der Waals surface area contributed by atoms with E-state index in [1.165, 1.54) is 17.8 Å². The monoisotopic (exact) mass is 675 g/mol. The van der Waals surface area contributed by atoms with Gasteiger partial charge in [-0.3, -0.25) is 24.2 Å². The molecule has 0 radical (unpaired) electrons. The van der Waals surface area contributed by atoms with Crippen molar-refractivity contribution in [2.24, 2.45) is 10.9 Å². The van der Waals surface area contributed by atoms with Gasteiger partial charge < -0.3 is 56.5 Å². The second-order valence-electron chi connectivity index (χ2n) is 11.1. The van der Waals surface area contributed by atoms with Crippen molar-refractivity contribution in [1.82, 2.24) is 20.6 Å². The molecule has 0 bridgehead atoms. The van der Waals surface area contributed by atoms with Crippen molar-refractivity contribution in [2.75, 3.05) is 5.73 Å². The Labute approximate surface area is 273 Å². The fourth-order valence-electron chi connectivity index (χ4n) is 5.09. The molecule has 10 N–H and O–H groups in total. The molecule has 2 aliphatic rings. The van der Waals surface area contributed by atoms with E-state index in [2.05, 4.69) is 25.8 Å². The lowest BCUT2D eigenvalue weighted by molar-refractivity contribution is -0.140. The molecular formula is C26H35B2N7O11S. The lowest BCUT2D eigenvalue weighted by Gasteiger charge is -2.31. The van der Waals surface area contributed by atoms with Gasteiger partial charge in [-0.05, 0) is 43.7 Å². The molecular weight excluding hydrogens is 640 g/mol. The molecule has 0 saturated carbocycles. The maximum Gasteiger partial charge on any atom is 0.478 e.